The Morgan fingerprint density at radius 2 is 1.93 bits per heavy atom. The summed E-state index contributed by atoms with van der Waals surface area (Å²) in [5.74, 6) is -2.70. The summed E-state index contributed by atoms with van der Waals surface area (Å²) >= 11 is 0. The number of imide groups is 1. The van der Waals surface area contributed by atoms with Crippen molar-refractivity contribution in [3.63, 3.8) is 0 Å². The van der Waals surface area contributed by atoms with Crippen molar-refractivity contribution in [1.29, 1.82) is 5.26 Å². The van der Waals surface area contributed by atoms with E-state index < -0.39 is 35.1 Å². The van der Waals surface area contributed by atoms with E-state index in [1.807, 2.05) is 0 Å². The summed E-state index contributed by atoms with van der Waals surface area (Å²) in [6, 6.07) is 12.0. The lowest BCUT2D eigenvalue weighted by Crippen LogP contribution is -2.35. The van der Waals surface area contributed by atoms with E-state index in [0.29, 0.717) is 10.6 Å². The first-order valence-corrected chi connectivity index (χ1v) is 7.47. The minimum atomic E-state index is -1.54. The molecule has 1 aliphatic rings. The molecule has 0 radical (unpaired) electrons. The molecule has 2 aromatic rings. The number of benzene rings is 2. The lowest BCUT2D eigenvalue weighted by Gasteiger charge is -2.17. The average Bonchev–Trinajstić information content (AvgIpc) is 2.90. The van der Waals surface area contributed by atoms with Gasteiger partial charge in [-0.1, -0.05) is 18.2 Å². The Balaban J connectivity index is 2.00. The van der Waals surface area contributed by atoms with Crippen molar-refractivity contribution >= 4 is 23.6 Å². The van der Waals surface area contributed by atoms with Gasteiger partial charge in [0.2, 0.25) is 0 Å². The van der Waals surface area contributed by atoms with Crippen LogP contribution >= 0.6 is 0 Å². The highest BCUT2D eigenvalue weighted by Crippen LogP contribution is 2.33. The van der Waals surface area contributed by atoms with Gasteiger partial charge in [0.05, 0.1) is 11.3 Å². The van der Waals surface area contributed by atoms with E-state index in [4.69, 9.17) is 9.84 Å². The number of nitrogens with zero attached hydrogens (tertiary/aromatic N) is 2. The standard InChI is InChI=1S/C18H10FN3O5/c19-12-6-10(9-20)15(27-11-4-2-1-3-5-11)8-14(12)22-16(23)7-13(17(22)24)21-18(25)26/h1-8,21H,(H,25,26). The summed E-state index contributed by atoms with van der Waals surface area (Å²) < 4.78 is 20.0. The Morgan fingerprint density at radius 3 is 2.56 bits per heavy atom. The van der Waals surface area contributed by atoms with Crippen molar-refractivity contribution in [3.05, 3.63) is 65.6 Å². The lowest BCUT2D eigenvalue weighted by atomic mass is 10.1. The first-order chi connectivity index (χ1) is 12.9. The van der Waals surface area contributed by atoms with E-state index in [9.17, 15) is 24.0 Å². The molecule has 27 heavy (non-hydrogen) atoms. The van der Waals surface area contributed by atoms with Crippen LogP contribution in [-0.4, -0.2) is 23.0 Å². The molecule has 1 heterocycles. The van der Waals surface area contributed by atoms with E-state index in [-0.39, 0.29) is 11.3 Å². The van der Waals surface area contributed by atoms with Crippen molar-refractivity contribution in [2.24, 2.45) is 0 Å². The summed E-state index contributed by atoms with van der Waals surface area (Å²) in [5, 5.41) is 19.7. The molecular formula is C18H10FN3O5. The zero-order chi connectivity index (χ0) is 19.6. The third kappa shape index (κ3) is 3.45. The number of rotatable bonds is 4. The summed E-state index contributed by atoms with van der Waals surface area (Å²) in [6.45, 7) is 0. The molecular weight excluding hydrogens is 357 g/mol. The molecule has 0 aliphatic carbocycles. The monoisotopic (exact) mass is 367 g/mol. The number of halogens is 1. The second kappa shape index (κ2) is 6.97. The van der Waals surface area contributed by atoms with E-state index in [1.54, 1.807) is 41.7 Å². The highest BCUT2D eigenvalue weighted by molar-refractivity contribution is 6.31. The van der Waals surface area contributed by atoms with Gasteiger partial charge in [0.1, 0.15) is 29.1 Å². The van der Waals surface area contributed by atoms with Crippen LogP contribution in [0.1, 0.15) is 5.56 Å². The normalized spacial score (nSPS) is 13.2. The minimum Gasteiger partial charge on any atom is -0.465 e. The highest BCUT2D eigenvalue weighted by atomic mass is 19.1. The quantitative estimate of drug-likeness (QED) is 0.801. The van der Waals surface area contributed by atoms with Crippen LogP contribution in [0.2, 0.25) is 0 Å². The van der Waals surface area contributed by atoms with Crippen molar-refractivity contribution in [1.82, 2.24) is 5.32 Å². The number of nitriles is 1. The van der Waals surface area contributed by atoms with Gasteiger partial charge >= 0.3 is 6.09 Å². The Morgan fingerprint density at radius 1 is 1.22 bits per heavy atom. The molecule has 1 aliphatic heterocycles. The minimum absolute atomic E-state index is 0.0691. The summed E-state index contributed by atoms with van der Waals surface area (Å²) in [6.07, 6.45) is -0.802. The van der Waals surface area contributed by atoms with Crippen molar-refractivity contribution < 1.29 is 28.6 Å². The zero-order valence-electron chi connectivity index (χ0n) is 13.5. The first kappa shape index (κ1) is 17.6. The number of anilines is 1. The van der Waals surface area contributed by atoms with E-state index in [2.05, 4.69) is 0 Å². The van der Waals surface area contributed by atoms with E-state index in [1.165, 1.54) is 0 Å². The summed E-state index contributed by atoms with van der Waals surface area (Å²) in [4.78, 5) is 35.5. The molecule has 2 N–H and O–H groups in total. The molecule has 3 rings (SSSR count). The predicted molar refractivity (Wildman–Crippen MR) is 89.4 cm³/mol. The average molecular weight is 367 g/mol. The second-order valence-corrected chi connectivity index (χ2v) is 5.29. The maximum atomic E-state index is 14.4. The van der Waals surface area contributed by atoms with Crippen LogP contribution in [0.5, 0.6) is 11.5 Å². The van der Waals surface area contributed by atoms with Crippen LogP contribution in [0.15, 0.2) is 54.2 Å². The van der Waals surface area contributed by atoms with Crippen molar-refractivity contribution in [2.45, 2.75) is 0 Å². The molecule has 0 bridgehead atoms. The molecule has 2 aromatic carbocycles. The van der Waals surface area contributed by atoms with Gasteiger partial charge in [-0.2, -0.15) is 5.26 Å². The zero-order valence-corrected chi connectivity index (χ0v) is 13.5. The van der Waals surface area contributed by atoms with Gasteiger partial charge in [0.25, 0.3) is 11.8 Å². The third-order valence-corrected chi connectivity index (χ3v) is 3.54. The SMILES string of the molecule is N#Cc1cc(F)c(N2C(=O)C=C(NC(=O)O)C2=O)cc1Oc1ccccc1. The molecule has 3 amide bonds. The van der Waals surface area contributed by atoms with Crippen molar-refractivity contribution in [3.8, 4) is 17.6 Å². The van der Waals surface area contributed by atoms with Crippen LogP contribution in [0.3, 0.4) is 0 Å². The Bertz CT molecular complexity index is 1030. The molecule has 9 heteroatoms. The van der Waals surface area contributed by atoms with Crippen LogP contribution in [0.25, 0.3) is 0 Å². The number of carbonyl (C=O) groups is 3. The number of hydrogen-bond donors (Lipinski definition) is 2. The van der Waals surface area contributed by atoms with E-state index in [0.717, 1.165) is 18.2 Å². The maximum Gasteiger partial charge on any atom is 0.409 e. The second-order valence-electron chi connectivity index (χ2n) is 5.29. The Kier molecular flexibility index (Phi) is 4.55. The van der Waals surface area contributed by atoms with Crippen LogP contribution in [0, 0.1) is 17.1 Å². The summed E-state index contributed by atoms with van der Waals surface area (Å²) in [7, 11) is 0. The Hall–Kier alpha value is -4.19. The first-order valence-electron chi connectivity index (χ1n) is 7.47. The number of carboxylic acid groups (broad SMARTS) is 1. The summed E-state index contributed by atoms with van der Waals surface area (Å²) in [5.41, 5.74) is -1.12. The molecule has 0 spiro atoms. The van der Waals surface area contributed by atoms with Gasteiger partial charge in [0, 0.05) is 12.1 Å². The Labute approximate surface area is 151 Å². The topological polar surface area (TPSA) is 120 Å². The fraction of sp³-hybridized carbons (Fsp3) is 0. The number of amides is 3. The number of nitrogens with one attached hydrogen (secondary N) is 1. The van der Waals surface area contributed by atoms with E-state index >= 15 is 0 Å². The molecule has 0 aromatic heterocycles. The number of carbonyl (C=O) groups excluding carboxylic acids is 2. The number of hydrogen-bond acceptors (Lipinski definition) is 5. The van der Waals surface area contributed by atoms with Gasteiger partial charge < -0.3 is 9.84 Å². The molecule has 134 valence electrons. The molecule has 0 fully saturated rings. The molecule has 0 unspecified atom stereocenters. The highest BCUT2D eigenvalue weighted by Gasteiger charge is 2.35. The molecule has 0 atom stereocenters. The largest absolute Gasteiger partial charge is 0.465 e. The van der Waals surface area contributed by atoms with Crippen molar-refractivity contribution in [2.75, 3.05) is 4.90 Å². The van der Waals surface area contributed by atoms with Gasteiger partial charge in [-0.3, -0.25) is 14.9 Å². The van der Waals surface area contributed by atoms with Gasteiger partial charge in [-0.15, -0.1) is 0 Å². The van der Waals surface area contributed by atoms with Crippen LogP contribution in [0.4, 0.5) is 14.9 Å². The number of ether oxygens (including phenoxy) is 1. The lowest BCUT2D eigenvalue weighted by molar-refractivity contribution is -0.120. The van der Waals surface area contributed by atoms with Gasteiger partial charge in [0.15, 0.2) is 0 Å². The maximum absolute atomic E-state index is 14.4. The molecule has 0 saturated carbocycles. The van der Waals surface area contributed by atoms with Gasteiger partial charge in [-0.25, -0.2) is 14.1 Å². The fourth-order valence-electron chi connectivity index (χ4n) is 2.40. The third-order valence-electron chi connectivity index (χ3n) is 3.54. The van der Waals surface area contributed by atoms with Gasteiger partial charge in [-0.05, 0) is 18.2 Å². The van der Waals surface area contributed by atoms with Crippen LogP contribution < -0.4 is 15.0 Å². The van der Waals surface area contributed by atoms with Crippen LogP contribution in [-0.2, 0) is 9.59 Å². The molecule has 0 saturated heterocycles. The molecule has 8 nitrogen and oxygen atoms in total. The fourth-order valence-corrected chi connectivity index (χ4v) is 2.40. The number of para-hydroxylation sites is 1. The smallest absolute Gasteiger partial charge is 0.409 e. The predicted octanol–water partition coefficient (Wildman–Crippen LogP) is 2.51.